The smallest absolute Gasteiger partial charge is 0.0227 e. The fourth-order valence-corrected chi connectivity index (χ4v) is 2.63. The first-order chi connectivity index (χ1) is 5.16. The van der Waals surface area contributed by atoms with E-state index in [4.69, 9.17) is 0 Å². The quantitative estimate of drug-likeness (QED) is 0.468. The fraction of sp³-hybridized carbons (Fsp3) is 1.00. The fourth-order valence-electron chi connectivity index (χ4n) is 0.994. The Morgan fingerprint density at radius 2 is 1.91 bits per heavy atom. The van der Waals surface area contributed by atoms with E-state index < -0.39 is 0 Å². The van der Waals surface area contributed by atoms with Crippen molar-refractivity contribution in [3.8, 4) is 0 Å². The molecule has 0 saturated carbocycles. The monoisotopic (exact) mass is 238 g/mol. The molecule has 0 N–H and O–H groups in total. The second-order valence-electron chi connectivity index (χ2n) is 3.39. The molecule has 0 radical (unpaired) electrons. The summed E-state index contributed by atoms with van der Waals surface area (Å²) in [5, 5.41) is 0. The van der Waals surface area contributed by atoms with E-state index in [2.05, 4.69) is 36.3 Å². The van der Waals surface area contributed by atoms with Crippen LogP contribution in [0.1, 0.15) is 40.0 Å². The van der Waals surface area contributed by atoms with Gasteiger partial charge in [0.2, 0.25) is 0 Å². The van der Waals surface area contributed by atoms with Crippen molar-refractivity contribution < 1.29 is 0 Å². The van der Waals surface area contributed by atoms with Gasteiger partial charge in [0.15, 0.2) is 0 Å². The lowest BCUT2D eigenvalue weighted by Crippen LogP contribution is -1.88. The largest absolute Gasteiger partial charge is 0.0628 e. The van der Waals surface area contributed by atoms with Crippen LogP contribution in [-0.2, 0) is 0 Å². The maximum absolute atomic E-state index is 3.71. The van der Waals surface area contributed by atoms with E-state index in [1.54, 1.807) is 0 Å². The molecule has 0 aromatic carbocycles. The van der Waals surface area contributed by atoms with Crippen LogP contribution in [-0.4, -0.2) is 12.3 Å². The summed E-state index contributed by atoms with van der Waals surface area (Å²) in [7, 11) is 0. The second-order valence-corrected chi connectivity index (χ2v) is 8.41. The third-order valence-corrected chi connectivity index (χ3v) is 5.83. The van der Waals surface area contributed by atoms with Crippen molar-refractivity contribution in [1.82, 2.24) is 0 Å². The lowest BCUT2D eigenvalue weighted by Gasteiger charge is -2.07. The van der Waals surface area contributed by atoms with Crippen LogP contribution in [0.3, 0.4) is 0 Å². The van der Waals surface area contributed by atoms with E-state index in [1.165, 1.54) is 31.6 Å². The van der Waals surface area contributed by atoms with E-state index in [1.807, 2.05) is 0 Å². The molecular formula is C9H20BrP. The zero-order valence-corrected chi connectivity index (χ0v) is 10.4. The molecule has 0 saturated heterocycles. The molecule has 0 aliphatic rings. The Morgan fingerprint density at radius 1 is 1.27 bits per heavy atom. The van der Waals surface area contributed by atoms with Gasteiger partial charge in [-0.1, -0.05) is 49.1 Å². The number of rotatable bonds is 6. The number of hydrogen-bond acceptors (Lipinski definition) is 0. The van der Waals surface area contributed by atoms with Crippen molar-refractivity contribution in [2.45, 2.75) is 40.0 Å². The molecule has 1 atom stereocenters. The predicted molar refractivity (Wildman–Crippen MR) is 59.9 cm³/mol. The van der Waals surface area contributed by atoms with Crippen molar-refractivity contribution in [3.05, 3.63) is 0 Å². The molecule has 0 aromatic rings. The third kappa shape index (κ3) is 8.82. The Morgan fingerprint density at radius 3 is 2.36 bits per heavy atom. The number of hydrogen-bond donors (Lipinski definition) is 0. The van der Waals surface area contributed by atoms with E-state index >= 15 is 0 Å². The lowest BCUT2D eigenvalue weighted by atomic mass is 10.1. The Bertz CT molecular complexity index is 83.6. The molecular weight excluding hydrogens is 219 g/mol. The van der Waals surface area contributed by atoms with Crippen molar-refractivity contribution in [2.75, 3.05) is 12.3 Å². The first-order valence-corrected chi connectivity index (χ1v) is 8.30. The van der Waals surface area contributed by atoms with Crippen LogP contribution < -0.4 is 0 Å². The van der Waals surface area contributed by atoms with Gasteiger partial charge in [-0.3, -0.25) is 0 Å². The van der Waals surface area contributed by atoms with Gasteiger partial charge in [-0.25, -0.2) is 0 Å². The van der Waals surface area contributed by atoms with E-state index in [-0.39, 0.29) is 6.62 Å². The zero-order valence-electron chi connectivity index (χ0n) is 7.94. The minimum absolute atomic E-state index is 0.203. The Kier molecular flexibility index (Phi) is 8.18. The minimum atomic E-state index is 0.203. The summed E-state index contributed by atoms with van der Waals surface area (Å²) in [6.45, 7) is 7.07. The highest BCUT2D eigenvalue weighted by Gasteiger charge is 1.99. The highest BCUT2D eigenvalue weighted by molar-refractivity contribution is 9.39. The Balaban J connectivity index is 3.01. The lowest BCUT2D eigenvalue weighted by molar-refractivity contribution is 0.551. The summed E-state index contributed by atoms with van der Waals surface area (Å²) >= 11 is 3.71. The van der Waals surface area contributed by atoms with Crippen LogP contribution in [0.4, 0.5) is 0 Å². The van der Waals surface area contributed by atoms with Gasteiger partial charge in [0, 0.05) is 0 Å². The highest BCUT2D eigenvalue weighted by Crippen LogP contribution is 2.44. The van der Waals surface area contributed by atoms with Crippen molar-refractivity contribution in [2.24, 2.45) is 5.92 Å². The SMILES string of the molecule is CCP(Br)CCCCC(C)C. The van der Waals surface area contributed by atoms with E-state index in [0.29, 0.717) is 0 Å². The zero-order chi connectivity index (χ0) is 8.69. The van der Waals surface area contributed by atoms with Gasteiger partial charge >= 0.3 is 0 Å². The van der Waals surface area contributed by atoms with Crippen LogP contribution >= 0.6 is 22.1 Å². The first-order valence-electron chi connectivity index (χ1n) is 4.57. The first kappa shape index (κ1) is 11.9. The Labute approximate surface area is 80.6 Å². The normalized spacial score (nSPS) is 13.9. The predicted octanol–water partition coefficient (Wildman–Crippen LogP) is 4.62. The summed E-state index contributed by atoms with van der Waals surface area (Å²) in [6.07, 6.45) is 6.99. The van der Waals surface area contributed by atoms with Gasteiger partial charge in [0.25, 0.3) is 0 Å². The van der Waals surface area contributed by atoms with Crippen LogP contribution in [0.2, 0.25) is 0 Å². The van der Waals surface area contributed by atoms with Crippen LogP contribution in [0.25, 0.3) is 0 Å². The van der Waals surface area contributed by atoms with Crippen LogP contribution in [0.5, 0.6) is 0 Å². The van der Waals surface area contributed by atoms with Gasteiger partial charge in [0.1, 0.15) is 0 Å². The third-order valence-electron chi connectivity index (χ3n) is 1.78. The molecule has 11 heavy (non-hydrogen) atoms. The second kappa shape index (κ2) is 7.55. The Hall–Kier alpha value is 0.910. The summed E-state index contributed by atoms with van der Waals surface area (Å²) in [5.41, 5.74) is 0. The average Bonchev–Trinajstić information content (AvgIpc) is 1.97. The minimum Gasteiger partial charge on any atom is -0.0628 e. The summed E-state index contributed by atoms with van der Waals surface area (Å²) in [6, 6.07) is 0. The molecule has 0 spiro atoms. The molecule has 0 aromatic heterocycles. The van der Waals surface area contributed by atoms with E-state index in [9.17, 15) is 0 Å². The molecule has 2 heteroatoms. The molecule has 1 unspecified atom stereocenters. The molecule has 68 valence electrons. The summed E-state index contributed by atoms with van der Waals surface area (Å²) in [5.74, 6) is 0.887. The molecule has 0 aliphatic carbocycles. The molecule has 0 nitrogen and oxygen atoms in total. The van der Waals surface area contributed by atoms with Gasteiger partial charge in [0.05, 0.1) is 0 Å². The van der Waals surface area contributed by atoms with Gasteiger partial charge in [-0.2, -0.15) is 0 Å². The molecule has 0 amide bonds. The van der Waals surface area contributed by atoms with E-state index in [0.717, 1.165) is 5.92 Å². The van der Waals surface area contributed by atoms with Gasteiger partial charge < -0.3 is 0 Å². The molecule has 0 bridgehead atoms. The molecule has 0 heterocycles. The molecule has 0 rings (SSSR count). The maximum Gasteiger partial charge on any atom is -0.0227 e. The maximum atomic E-state index is 3.71. The summed E-state index contributed by atoms with van der Waals surface area (Å²) in [4.78, 5) is 0. The number of unbranched alkanes of at least 4 members (excludes halogenated alkanes) is 1. The van der Waals surface area contributed by atoms with Crippen molar-refractivity contribution in [3.63, 3.8) is 0 Å². The van der Waals surface area contributed by atoms with Gasteiger partial charge in [-0.15, -0.1) is 0 Å². The highest BCUT2D eigenvalue weighted by atomic mass is 79.9. The van der Waals surface area contributed by atoms with Crippen LogP contribution in [0, 0.1) is 5.92 Å². The van der Waals surface area contributed by atoms with Crippen molar-refractivity contribution in [1.29, 1.82) is 0 Å². The standard InChI is InChI=1S/C9H20BrP/c1-4-11(10)8-6-5-7-9(2)3/h9H,4-8H2,1-3H3. The topological polar surface area (TPSA) is 0 Å². The van der Waals surface area contributed by atoms with Gasteiger partial charge in [-0.05, 0) is 31.3 Å². The van der Waals surface area contributed by atoms with Crippen LogP contribution in [0.15, 0.2) is 0 Å². The number of halogens is 1. The molecule has 0 aliphatic heterocycles. The molecule has 0 fully saturated rings. The summed E-state index contributed by atoms with van der Waals surface area (Å²) < 4.78 is 0. The van der Waals surface area contributed by atoms with Crippen molar-refractivity contribution >= 4 is 22.1 Å². The average molecular weight is 239 g/mol.